The van der Waals surface area contributed by atoms with Gasteiger partial charge < -0.3 is 10.2 Å². The lowest BCUT2D eigenvalue weighted by atomic mass is 9.84. The fourth-order valence-electron chi connectivity index (χ4n) is 3.19. The summed E-state index contributed by atoms with van der Waals surface area (Å²) in [6.07, 6.45) is -2.21. The largest absolute Gasteiger partial charge is 0.416 e. The molecule has 3 nitrogen and oxygen atoms in total. The summed E-state index contributed by atoms with van der Waals surface area (Å²) in [7, 11) is 0. The summed E-state index contributed by atoms with van der Waals surface area (Å²) in [5.74, 6) is 0.205. The summed E-state index contributed by atoms with van der Waals surface area (Å²) >= 11 is 0. The molecule has 2 bridgehead atoms. The molecule has 1 amide bonds. The Morgan fingerprint density at radius 2 is 1.76 bits per heavy atom. The minimum atomic E-state index is -4.37. The van der Waals surface area contributed by atoms with Crippen LogP contribution in [0.15, 0.2) is 24.3 Å². The van der Waals surface area contributed by atoms with Crippen LogP contribution in [-0.4, -0.2) is 36.5 Å². The summed E-state index contributed by atoms with van der Waals surface area (Å²) in [4.78, 5) is 14.5. The summed E-state index contributed by atoms with van der Waals surface area (Å²) in [6, 6.07) is 4.48. The average molecular weight is 298 g/mol. The van der Waals surface area contributed by atoms with E-state index in [9.17, 15) is 18.0 Å². The molecule has 21 heavy (non-hydrogen) atoms. The first-order chi connectivity index (χ1) is 9.93. The Balaban J connectivity index is 1.65. The number of nitrogens with one attached hydrogen (secondary N) is 1. The SMILES string of the molecule is O=C(NC1CN2CCC1CC2)c1ccc(C(F)(F)F)cc1. The topological polar surface area (TPSA) is 32.3 Å². The zero-order chi connectivity index (χ0) is 15.0. The number of hydrogen-bond acceptors (Lipinski definition) is 2. The smallest absolute Gasteiger partial charge is 0.348 e. The molecule has 114 valence electrons. The molecular weight excluding hydrogens is 281 g/mol. The monoisotopic (exact) mass is 298 g/mol. The number of carbonyl (C=O) groups excluding carboxylic acids is 1. The number of rotatable bonds is 2. The molecule has 3 heterocycles. The lowest BCUT2D eigenvalue weighted by Gasteiger charge is -2.44. The van der Waals surface area contributed by atoms with Crippen molar-refractivity contribution in [1.29, 1.82) is 0 Å². The van der Waals surface area contributed by atoms with Crippen molar-refractivity contribution in [2.75, 3.05) is 19.6 Å². The second kappa shape index (κ2) is 5.33. The van der Waals surface area contributed by atoms with Gasteiger partial charge in [-0.3, -0.25) is 4.79 Å². The highest BCUT2D eigenvalue weighted by molar-refractivity contribution is 5.94. The number of carbonyl (C=O) groups is 1. The number of amides is 1. The Bertz CT molecular complexity index is 519. The van der Waals surface area contributed by atoms with Gasteiger partial charge in [-0.2, -0.15) is 13.2 Å². The first-order valence-corrected chi connectivity index (χ1v) is 7.14. The molecule has 6 heteroatoms. The molecule has 0 aliphatic carbocycles. The third-order valence-electron chi connectivity index (χ3n) is 4.45. The molecule has 3 aliphatic heterocycles. The third-order valence-corrected chi connectivity index (χ3v) is 4.45. The maximum absolute atomic E-state index is 12.5. The summed E-state index contributed by atoms with van der Waals surface area (Å²) in [5, 5.41) is 2.96. The van der Waals surface area contributed by atoms with Crippen molar-refractivity contribution in [1.82, 2.24) is 10.2 Å². The fourth-order valence-corrected chi connectivity index (χ4v) is 3.19. The number of piperidine rings is 3. The van der Waals surface area contributed by atoms with Crippen LogP contribution in [0.4, 0.5) is 13.2 Å². The van der Waals surface area contributed by atoms with Crippen LogP contribution in [0.2, 0.25) is 0 Å². The van der Waals surface area contributed by atoms with Gasteiger partial charge in [-0.1, -0.05) is 0 Å². The zero-order valence-electron chi connectivity index (χ0n) is 11.5. The molecule has 4 rings (SSSR count). The zero-order valence-corrected chi connectivity index (χ0v) is 11.5. The van der Waals surface area contributed by atoms with Gasteiger partial charge in [0.1, 0.15) is 0 Å². The van der Waals surface area contributed by atoms with E-state index in [1.165, 1.54) is 12.1 Å². The lowest BCUT2D eigenvalue weighted by Crippen LogP contribution is -2.57. The Morgan fingerprint density at radius 1 is 1.14 bits per heavy atom. The van der Waals surface area contributed by atoms with E-state index in [0.29, 0.717) is 5.92 Å². The predicted molar refractivity (Wildman–Crippen MR) is 71.9 cm³/mol. The van der Waals surface area contributed by atoms with E-state index in [1.807, 2.05) is 0 Å². The lowest BCUT2D eigenvalue weighted by molar-refractivity contribution is -0.137. The molecule has 1 aromatic rings. The number of halogens is 3. The summed E-state index contributed by atoms with van der Waals surface area (Å²) in [5.41, 5.74) is -0.457. The summed E-state index contributed by atoms with van der Waals surface area (Å²) < 4.78 is 37.5. The molecule has 0 saturated carbocycles. The van der Waals surface area contributed by atoms with Crippen LogP contribution in [0.5, 0.6) is 0 Å². The minimum Gasteiger partial charge on any atom is -0.348 e. The van der Waals surface area contributed by atoms with Crippen molar-refractivity contribution >= 4 is 5.91 Å². The van der Waals surface area contributed by atoms with Gasteiger partial charge in [-0.15, -0.1) is 0 Å². The molecule has 0 aromatic heterocycles. The van der Waals surface area contributed by atoms with Crippen molar-refractivity contribution < 1.29 is 18.0 Å². The number of fused-ring (bicyclic) bond motifs is 3. The number of nitrogens with zero attached hydrogens (tertiary/aromatic N) is 1. The van der Waals surface area contributed by atoms with Crippen molar-refractivity contribution in [2.24, 2.45) is 5.92 Å². The Morgan fingerprint density at radius 3 is 2.24 bits per heavy atom. The van der Waals surface area contributed by atoms with E-state index < -0.39 is 11.7 Å². The van der Waals surface area contributed by atoms with Crippen LogP contribution in [-0.2, 0) is 6.18 Å². The molecule has 1 unspecified atom stereocenters. The van der Waals surface area contributed by atoms with E-state index in [1.54, 1.807) is 0 Å². The Hall–Kier alpha value is -1.56. The molecule has 1 N–H and O–H groups in total. The van der Waals surface area contributed by atoms with Crippen molar-refractivity contribution in [3.63, 3.8) is 0 Å². The maximum atomic E-state index is 12.5. The molecule has 0 radical (unpaired) electrons. The summed E-state index contributed by atoms with van der Waals surface area (Å²) in [6.45, 7) is 3.01. The maximum Gasteiger partial charge on any atom is 0.416 e. The molecule has 1 atom stereocenters. The second-order valence-corrected chi connectivity index (χ2v) is 5.79. The van der Waals surface area contributed by atoms with Gasteiger partial charge in [0, 0.05) is 18.2 Å². The van der Waals surface area contributed by atoms with Crippen molar-refractivity contribution in [3.8, 4) is 0 Å². The Labute approximate surface area is 121 Å². The van der Waals surface area contributed by atoms with E-state index in [-0.39, 0.29) is 17.5 Å². The normalized spacial score (nSPS) is 28.4. The van der Waals surface area contributed by atoms with Crippen LogP contribution in [0, 0.1) is 5.92 Å². The first-order valence-electron chi connectivity index (χ1n) is 7.14. The molecule has 3 fully saturated rings. The standard InChI is InChI=1S/C15H17F3N2O/c16-15(17,18)12-3-1-11(2-4-12)14(21)19-13-9-20-7-5-10(13)6-8-20/h1-4,10,13H,5-9H2,(H,19,21). The molecule has 1 aromatic carbocycles. The van der Waals surface area contributed by atoms with E-state index in [4.69, 9.17) is 0 Å². The molecule has 0 spiro atoms. The molecular formula is C15H17F3N2O. The highest BCUT2D eigenvalue weighted by Crippen LogP contribution is 2.30. The number of alkyl halides is 3. The highest BCUT2D eigenvalue weighted by Gasteiger charge is 2.35. The van der Waals surface area contributed by atoms with Gasteiger partial charge >= 0.3 is 6.18 Å². The first kappa shape index (κ1) is 14.4. The molecule has 3 aliphatic rings. The van der Waals surface area contributed by atoms with Crippen LogP contribution in [0.1, 0.15) is 28.8 Å². The van der Waals surface area contributed by atoms with Crippen LogP contribution >= 0.6 is 0 Å². The van der Waals surface area contributed by atoms with E-state index in [2.05, 4.69) is 10.2 Å². The van der Waals surface area contributed by atoms with Crippen LogP contribution in [0.3, 0.4) is 0 Å². The third kappa shape index (κ3) is 3.05. The van der Waals surface area contributed by atoms with Gasteiger partial charge in [0.25, 0.3) is 5.91 Å². The highest BCUT2D eigenvalue weighted by atomic mass is 19.4. The van der Waals surface area contributed by atoms with Crippen LogP contribution < -0.4 is 5.32 Å². The van der Waals surface area contributed by atoms with Crippen LogP contribution in [0.25, 0.3) is 0 Å². The second-order valence-electron chi connectivity index (χ2n) is 5.79. The van der Waals surface area contributed by atoms with Gasteiger partial charge in [-0.25, -0.2) is 0 Å². The van der Waals surface area contributed by atoms with E-state index >= 15 is 0 Å². The van der Waals surface area contributed by atoms with Crippen molar-refractivity contribution in [3.05, 3.63) is 35.4 Å². The van der Waals surface area contributed by atoms with Gasteiger partial charge in [0.2, 0.25) is 0 Å². The van der Waals surface area contributed by atoms with E-state index in [0.717, 1.165) is 44.6 Å². The fraction of sp³-hybridized carbons (Fsp3) is 0.533. The number of benzene rings is 1. The average Bonchev–Trinajstić information content (AvgIpc) is 2.48. The van der Waals surface area contributed by atoms with Gasteiger partial charge in [0.05, 0.1) is 5.56 Å². The predicted octanol–water partition coefficient (Wildman–Crippen LogP) is 2.53. The quantitative estimate of drug-likeness (QED) is 0.910. The van der Waals surface area contributed by atoms with Gasteiger partial charge in [-0.05, 0) is 56.1 Å². The van der Waals surface area contributed by atoms with Gasteiger partial charge in [0.15, 0.2) is 0 Å². The Kier molecular flexibility index (Phi) is 3.65. The minimum absolute atomic E-state index is 0.113. The molecule has 3 saturated heterocycles. The van der Waals surface area contributed by atoms with Crippen molar-refractivity contribution in [2.45, 2.75) is 25.1 Å². The number of hydrogen-bond donors (Lipinski definition) is 1.